The van der Waals surface area contributed by atoms with Gasteiger partial charge in [0.1, 0.15) is 5.60 Å². The molecule has 1 rings (SSSR count). The third kappa shape index (κ3) is 4.71. The fraction of sp³-hybridized carbons (Fsp3) is 0.857. The van der Waals surface area contributed by atoms with Crippen LogP contribution in [0.25, 0.3) is 0 Å². The van der Waals surface area contributed by atoms with Crippen molar-refractivity contribution in [2.24, 2.45) is 5.41 Å². The van der Waals surface area contributed by atoms with Crippen LogP contribution in [-0.4, -0.2) is 42.9 Å². The van der Waals surface area contributed by atoms with Crippen molar-refractivity contribution >= 4 is 6.09 Å². The van der Waals surface area contributed by atoms with Gasteiger partial charge in [0.25, 0.3) is 0 Å². The molecule has 1 aliphatic rings. The highest BCUT2D eigenvalue weighted by Gasteiger charge is 2.37. The minimum Gasteiger partial charge on any atom is -0.444 e. The van der Waals surface area contributed by atoms with E-state index in [9.17, 15) is 10.1 Å². The molecular weight excluding hydrogens is 244 g/mol. The van der Waals surface area contributed by atoms with Crippen molar-refractivity contribution in [2.45, 2.75) is 46.1 Å². The number of carbonyl (C=O) groups excluding carboxylic acids is 1. The Balaban J connectivity index is 2.52. The van der Waals surface area contributed by atoms with Crippen LogP contribution in [0.3, 0.4) is 0 Å². The first-order valence-electron chi connectivity index (χ1n) is 6.79. The van der Waals surface area contributed by atoms with E-state index in [1.165, 1.54) is 0 Å². The summed E-state index contributed by atoms with van der Waals surface area (Å²) in [6.45, 7) is 9.63. The van der Waals surface area contributed by atoms with E-state index in [0.717, 1.165) is 0 Å². The predicted molar refractivity (Wildman–Crippen MR) is 71.6 cm³/mol. The van der Waals surface area contributed by atoms with E-state index in [1.54, 1.807) is 4.90 Å². The van der Waals surface area contributed by atoms with Crippen LogP contribution in [0.15, 0.2) is 0 Å². The second-order valence-electron chi connectivity index (χ2n) is 6.00. The van der Waals surface area contributed by atoms with Crippen LogP contribution in [0.4, 0.5) is 4.79 Å². The summed E-state index contributed by atoms with van der Waals surface area (Å²) in [6.07, 6.45) is 0.987. The van der Waals surface area contributed by atoms with Crippen LogP contribution in [0.2, 0.25) is 0 Å². The number of nitriles is 1. The lowest BCUT2D eigenvalue weighted by atomic mass is 9.80. The van der Waals surface area contributed by atoms with Crippen molar-refractivity contribution in [3.05, 3.63) is 0 Å². The van der Waals surface area contributed by atoms with Crippen molar-refractivity contribution in [1.29, 1.82) is 5.26 Å². The SMILES string of the molecule is CCOCC1(C#N)CCN(C(=O)OC(C)(C)C)CC1. The van der Waals surface area contributed by atoms with Gasteiger partial charge in [-0.25, -0.2) is 4.79 Å². The molecule has 0 unspecified atom stereocenters. The van der Waals surface area contributed by atoms with E-state index in [1.807, 2.05) is 27.7 Å². The van der Waals surface area contributed by atoms with Gasteiger partial charge in [-0.05, 0) is 40.5 Å². The Labute approximate surface area is 115 Å². The van der Waals surface area contributed by atoms with Gasteiger partial charge in [0.05, 0.1) is 18.1 Å². The molecule has 0 aliphatic carbocycles. The van der Waals surface area contributed by atoms with Gasteiger partial charge in [-0.15, -0.1) is 0 Å². The first-order valence-corrected chi connectivity index (χ1v) is 6.79. The summed E-state index contributed by atoms with van der Waals surface area (Å²) in [4.78, 5) is 13.6. The summed E-state index contributed by atoms with van der Waals surface area (Å²) >= 11 is 0. The Morgan fingerprint density at radius 3 is 2.37 bits per heavy atom. The Bertz CT molecular complexity index is 347. The van der Waals surface area contributed by atoms with Crippen molar-refractivity contribution in [2.75, 3.05) is 26.3 Å². The van der Waals surface area contributed by atoms with Crippen LogP contribution < -0.4 is 0 Å². The average molecular weight is 268 g/mol. The molecule has 1 heterocycles. The third-order valence-corrected chi connectivity index (χ3v) is 3.19. The first kappa shape index (κ1) is 15.8. The molecule has 1 aliphatic heterocycles. The van der Waals surface area contributed by atoms with Crippen LogP contribution in [0, 0.1) is 16.7 Å². The normalized spacial score (nSPS) is 18.8. The highest BCUT2D eigenvalue weighted by molar-refractivity contribution is 5.68. The zero-order valence-corrected chi connectivity index (χ0v) is 12.4. The van der Waals surface area contributed by atoms with Crippen molar-refractivity contribution in [3.63, 3.8) is 0 Å². The van der Waals surface area contributed by atoms with Crippen LogP contribution in [0.5, 0.6) is 0 Å². The second kappa shape index (κ2) is 6.25. The maximum Gasteiger partial charge on any atom is 0.410 e. The summed E-state index contributed by atoms with van der Waals surface area (Å²) in [5, 5.41) is 9.31. The number of rotatable bonds is 3. The van der Waals surface area contributed by atoms with Crippen molar-refractivity contribution in [3.8, 4) is 6.07 Å². The molecule has 0 spiro atoms. The monoisotopic (exact) mass is 268 g/mol. The van der Waals surface area contributed by atoms with Gasteiger partial charge in [0.2, 0.25) is 0 Å². The molecule has 0 saturated carbocycles. The molecule has 5 heteroatoms. The van der Waals surface area contributed by atoms with E-state index >= 15 is 0 Å². The van der Waals surface area contributed by atoms with Gasteiger partial charge in [-0.1, -0.05) is 0 Å². The topological polar surface area (TPSA) is 62.6 Å². The Morgan fingerprint density at radius 1 is 1.37 bits per heavy atom. The highest BCUT2D eigenvalue weighted by Crippen LogP contribution is 2.31. The standard InChI is InChI=1S/C14H24N2O3/c1-5-18-11-14(10-15)6-8-16(9-7-14)12(17)19-13(2,3)4/h5-9,11H2,1-4H3. The molecule has 0 aromatic carbocycles. The maximum absolute atomic E-state index is 11.9. The summed E-state index contributed by atoms with van der Waals surface area (Å²) in [5.41, 5.74) is -0.930. The Hall–Kier alpha value is -1.28. The molecule has 1 fully saturated rings. The number of amides is 1. The largest absolute Gasteiger partial charge is 0.444 e. The molecule has 0 bridgehead atoms. The maximum atomic E-state index is 11.9. The number of piperidine rings is 1. The fourth-order valence-electron chi connectivity index (χ4n) is 2.03. The van der Waals surface area contributed by atoms with E-state index in [0.29, 0.717) is 39.1 Å². The lowest BCUT2D eigenvalue weighted by Gasteiger charge is -2.37. The lowest BCUT2D eigenvalue weighted by molar-refractivity contribution is 0.00196. The molecular formula is C14H24N2O3. The van der Waals surface area contributed by atoms with Crippen LogP contribution >= 0.6 is 0 Å². The molecule has 5 nitrogen and oxygen atoms in total. The second-order valence-corrected chi connectivity index (χ2v) is 6.00. The highest BCUT2D eigenvalue weighted by atomic mass is 16.6. The van der Waals surface area contributed by atoms with Gasteiger partial charge in [-0.2, -0.15) is 5.26 Å². The van der Waals surface area contributed by atoms with Crippen molar-refractivity contribution in [1.82, 2.24) is 4.90 Å². The third-order valence-electron chi connectivity index (χ3n) is 3.19. The average Bonchev–Trinajstić information content (AvgIpc) is 2.35. The molecule has 0 aromatic rings. The van der Waals surface area contributed by atoms with Gasteiger partial charge < -0.3 is 14.4 Å². The quantitative estimate of drug-likeness (QED) is 0.789. The molecule has 1 amide bonds. The predicted octanol–water partition coefficient (Wildman–Crippen LogP) is 2.56. The number of hydrogen-bond acceptors (Lipinski definition) is 4. The zero-order chi connectivity index (χ0) is 14.5. The zero-order valence-electron chi connectivity index (χ0n) is 12.4. The molecule has 19 heavy (non-hydrogen) atoms. The minimum atomic E-state index is -0.480. The summed E-state index contributed by atoms with van der Waals surface area (Å²) < 4.78 is 10.7. The smallest absolute Gasteiger partial charge is 0.410 e. The van der Waals surface area contributed by atoms with Gasteiger partial charge in [0, 0.05) is 19.7 Å². The number of nitrogens with zero attached hydrogens (tertiary/aromatic N) is 2. The molecule has 108 valence electrons. The van der Waals surface area contributed by atoms with Gasteiger partial charge in [0.15, 0.2) is 0 Å². The number of likely N-dealkylation sites (tertiary alicyclic amines) is 1. The molecule has 0 aromatic heterocycles. The Morgan fingerprint density at radius 2 is 1.95 bits per heavy atom. The number of hydrogen-bond donors (Lipinski definition) is 0. The first-order chi connectivity index (χ1) is 8.82. The van der Waals surface area contributed by atoms with Crippen LogP contribution in [0.1, 0.15) is 40.5 Å². The van der Waals surface area contributed by atoms with E-state index < -0.39 is 11.0 Å². The van der Waals surface area contributed by atoms with Crippen LogP contribution in [-0.2, 0) is 9.47 Å². The molecule has 0 N–H and O–H groups in total. The van der Waals surface area contributed by atoms with Gasteiger partial charge in [-0.3, -0.25) is 0 Å². The van der Waals surface area contributed by atoms with Gasteiger partial charge >= 0.3 is 6.09 Å². The summed E-state index contributed by atoms with van der Waals surface area (Å²) in [6, 6.07) is 2.36. The van der Waals surface area contributed by atoms with E-state index in [4.69, 9.17) is 9.47 Å². The summed E-state index contributed by atoms with van der Waals surface area (Å²) in [5.74, 6) is 0. The summed E-state index contributed by atoms with van der Waals surface area (Å²) in [7, 11) is 0. The molecule has 0 radical (unpaired) electrons. The molecule has 1 saturated heterocycles. The van der Waals surface area contributed by atoms with E-state index in [2.05, 4.69) is 6.07 Å². The number of ether oxygens (including phenoxy) is 2. The van der Waals surface area contributed by atoms with E-state index in [-0.39, 0.29) is 6.09 Å². The lowest BCUT2D eigenvalue weighted by Crippen LogP contribution is -2.46. The molecule has 0 atom stereocenters. The van der Waals surface area contributed by atoms with Crippen molar-refractivity contribution < 1.29 is 14.3 Å². The minimum absolute atomic E-state index is 0.296. The fourth-order valence-corrected chi connectivity index (χ4v) is 2.03. The number of carbonyl (C=O) groups is 1. The Kier molecular flexibility index (Phi) is 5.19.